The van der Waals surface area contributed by atoms with Crippen molar-refractivity contribution in [3.8, 4) is 5.88 Å². The molecule has 1 aliphatic carbocycles. The van der Waals surface area contributed by atoms with E-state index in [1.807, 2.05) is 0 Å². The predicted molar refractivity (Wildman–Crippen MR) is 83.5 cm³/mol. The second kappa shape index (κ2) is 6.14. The number of rotatable bonds is 4. The van der Waals surface area contributed by atoms with Gasteiger partial charge in [0.15, 0.2) is 11.3 Å². The van der Waals surface area contributed by atoms with Gasteiger partial charge in [0.25, 0.3) is 0 Å². The summed E-state index contributed by atoms with van der Waals surface area (Å²) in [7, 11) is 0. The second-order valence-electron chi connectivity index (χ2n) is 6.41. The molecule has 1 fully saturated rings. The molecule has 0 aliphatic heterocycles. The summed E-state index contributed by atoms with van der Waals surface area (Å²) in [5, 5.41) is 14.6. The number of hydrogen-bond donors (Lipinski definition) is 1. The number of hydrogen-bond acceptors (Lipinski definition) is 8. The number of nitrogens with one attached hydrogen (secondary N) is 1. The highest BCUT2D eigenvalue weighted by Crippen LogP contribution is 2.34. The van der Waals surface area contributed by atoms with Gasteiger partial charge in [0.05, 0.1) is 0 Å². The van der Waals surface area contributed by atoms with Gasteiger partial charge in [0.1, 0.15) is 12.4 Å². The number of aromatic nitrogens is 7. The van der Waals surface area contributed by atoms with Crippen LogP contribution in [0.15, 0.2) is 10.9 Å². The Balaban J connectivity index is 1.40. The molecule has 0 radical (unpaired) electrons. The smallest absolute Gasteiger partial charge is 0.247 e. The molecule has 4 rings (SSSR count). The van der Waals surface area contributed by atoms with Crippen molar-refractivity contribution in [1.82, 2.24) is 35.5 Å². The monoisotopic (exact) mass is 329 g/mol. The minimum absolute atomic E-state index is 0.101. The molecule has 9 heteroatoms. The molecular weight excluding hydrogens is 310 g/mol. The van der Waals surface area contributed by atoms with Crippen molar-refractivity contribution < 1.29 is 9.26 Å². The Bertz CT molecular complexity index is 820. The Labute approximate surface area is 138 Å². The first kappa shape index (κ1) is 15.0. The van der Waals surface area contributed by atoms with Crippen LogP contribution in [-0.4, -0.2) is 41.6 Å². The summed E-state index contributed by atoms with van der Waals surface area (Å²) < 4.78 is 11.4. The first-order chi connectivity index (χ1) is 11.7. The van der Waals surface area contributed by atoms with E-state index in [0.717, 1.165) is 37.4 Å². The van der Waals surface area contributed by atoms with Crippen LogP contribution >= 0.6 is 0 Å². The first-order valence-electron chi connectivity index (χ1n) is 8.22. The van der Waals surface area contributed by atoms with E-state index in [0.29, 0.717) is 23.0 Å². The van der Waals surface area contributed by atoms with E-state index in [1.54, 1.807) is 0 Å². The Kier molecular flexibility index (Phi) is 3.83. The molecule has 0 spiro atoms. The fourth-order valence-corrected chi connectivity index (χ4v) is 2.98. The van der Waals surface area contributed by atoms with E-state index in [2.05, 4.69) is 49.4 Å². The lowest BCUT2D eigenvalue weighted by molar-refractivity contribution is 0.135. The summed E-state index contributed by atoms with van der Waals surface area (Å²) >= 11 is 0. The summed E-state index contributed by atoms with van der Waals surface area (Å²) in [6.07, 6.45) is 5.27. The van der Waals surface area contributed by atoms with Crippen molar-refractivity contribution >= 4 is 11.2 Å². The van der Waals surface area contributed by atoms with Crippen LogP contribution in [0.2, 0.25) is 0 Å². The maximum atomic E-state index is 6.01. The minimum atomic E-state index is 0.101. The average Bonchev–Trinajstić information content (AvgIpc) is 3.25. The van der Waals surface area contributed by atoms with Gasteiger partial charge in [-0.2, -0.15) is 15.2 Å². The van der Waals surface area contributed by atoms with E-state index in [9.17, 15) is 0 Å². The highest BCUT2D eigenvalue weighted by molar-refractivity contribution is 5.73. The van der Waals surface area contributed by atoms with Crippen LogP contribution in [0.3, 0.4) is 0 Å². The molecule has 126 valence electrons. The molecule has 9 nitrogen and oxygen atoms in total. The second-order valence-corrected chi connectivity index (χ2v) is 6.41. The molecule has 0 saturated heterocycles. The van der Waals surface area contributed by atoms with E-state index in [4.69, 9.17) is 9.26 Å². The third-order valence-electron chi connectivity index (χ3n) is 4.36. The minimum Gasteiger partial charge on any atom is -0.473 e. The molecule has 0 amide bonds. The van der Waals surface area contributed by atoms with Crippen LogP contribution in [-0.2, 0) is 0 Å². The molecule has 0 bridgehead atoms. The van der Waals surface area contributed by atoms with Crippen molar-refractivity contribution in [1.29, 1.82) is 0 Å². The van der Waals surface area contributed by atoms with Gasteiger partial charge in [-0.05, 0) is 25.7 Å². The molecule has 3 aromatic heterocycles. The topological polar surface area (TPSA) is 116 Å². The maximum absolute atomic E-state index is 6.01. The normalized spacial score (nSPS) is 21.5. The summed E-state index contributed by atoms with van der Waals surface area (Å²) in [5.74, 6) is 2.60. The standard InChI is InChI=1S/C15H19N7O2/c1-8(2)12-18-14(24-21-12)9-3-5-10(6-4-9)23-15-11-13(16-7-17-15)20-22-19-11/h7-10H,3-6H2,1-2H3,(H,16,17,19,20,22). The van der Waals surface area contributed by atoms with Crippen LogP contribution in [0.5, 0.6) is 5.88 Å². The van der Waals surface area contributed by atoms with Crippen LogP contribution in [0.1, 0.15) is 63.1 Å². The zero-order valence-electron chi connectivity index (χ0n) is 13.6. The van der Waals surface area contributed by atoms with Crippen LogP contribution in [0, 0.1) is 0 Å². The van der Waals surface area contributed by atoms with Crippen molar-refractivity contribution in [2.24, 2.45) is 0 Å². The van der Waals surface area contributed by atoms with E-state index in [1.165, 1.54) is 6.33 Å². The Morgan fingerprint density at radius 2 is 2.00 bits per heavy atom. The van der Waals surface area contributed by atoms with Gasteiger partial charge in [0.2, 0.25) is 17.4 Å². The van der Waals surface area contributed by atoms with E-state index < -0.39 is 0 Å². The van der Waals surface area contributed by atoms with Crippen molar-refractivity contribution in [2.45, 2.75) is 57.5 Å². The SMILES string of the molecule is CC(C)c1noc(C2CCC(Oc3ncnc4n[nH]nc34)CC2)n1. The number of H-pyrrole nitrogens is 1. The zero-order chi connectivity index (χ0) is 16.5. The fourth-order valence-electron chi connectivity index (χ4n) is 2.98. The predicted octanol–water partition coefficient (Wildman–Crippen LogP) is 2.36. The molecule has 0 aromatic carbocycles. The Morgan fingerprint density at radius 3 is 2.75 bits per heavy atom. The molecule has 0 unspecified atom stereocenters. The summed E-state index contributed by atoms with van der Waals surface area (Å²) in [4.78, 5) is 12.7. The molecule has 1 N–H and O–H groups in total. The lowest BCUT2D eigenvalue weighted by atomic mass is 9.87. The first-order valence-corrected chi connectivity index (χ1v) is 8.22. The van der Waals surface area contributed by atoms with Crippen molar-refractivity contribution in [3.05, 3.63) is 18.0 Å². The Morgan fingerprint density at radius 1 is 1.17 bits per heavy atom. The third-order valence-corrected chi connectivity index (χ3v) is 4.36. The largest absolute Gasteiger partial charge is 0.473 e. The van der Waals surface area contributed by atoms with E-state index in [-0.39, 0.29) is 12.0 Å². The quantitative estimate of drug-likeness (QED) is 0.775. The maximum Gasteiger partial charge on any atom is 0.247 e. The van der Waals surface area contributed by atoms with Crippen LogP contribution in [0.4, 0.5) is 0 Å². The molecule has 1 saturated carbocycles. The molecule has 3 heterocycles. The highest BCUT2D eigenvalue weighted by atomic mass is 16.5. The molecule has 3 aromatic rings. The van der Waals surface area contributed by atoms with Gasteiger partial charge in [0, 0.05) is 11.8 Å². The van der Waals surface area contributed by atoms with Crippen molar-refractivity contribution in [2.75, 3.05) is 0 Å². The van der Waals surface area contributed by atoms with Gasteiger partial charge in [-0.15, -0.1) is 10.2 Å². The average molecular weight is 329 g/mol. The molecule has 0 atom stereocenters. The van der Waals surface area contributed by atoms with Crippen LogP contribution < -0.4 is 4.74 Å². The Hall–Kier alpha value is -2.58. The summed E-state index contributed by atoms with van der Waals surface area (Å²) in [6.45, 7) is 4.12. The lowest BCUT2D eigenvalue weighted by Crippen LogP contribution is -2.24. The van der Waals surface area contributed by atoms with Crippen molar-refractivity contribution in [3.63, 3.8) is 0 Å². The van der Waals surface area contributed by atoms with Gasteiger partial charge in [-0.1, -0.05) is 19.0 Å². The number of fused-ring (bicyclic) bond motifs is 1. The third kappa shape index (κ3) is 2.81. The lowest BCUT2D eigenvalue weighted by Gasteiger charge is -2.26. The highest BCUT2D eigenvalue weighted by Gasteiger charge is 2.28. The van der Waals surface area contributed by atoms with Gasteiger partial charge in [-0.3, -0.25) is 0 Å². The molecule has 1 aliphatic rings. The molecular formula is C15H19N7O2. The van der Waals surface area contributed by atoms with Crippen LogP contribution in [0.25, 0.3) is 11.2 Å². The number of ether oxygens (including phenoxy) is 1. The van der Waals surface area contributed by atoms with Gasteiger partial charge in [-0.25, -0.2) is 4.98 Å². The summed E-state index contributed by atoms with van der Waals surface area (Å²) in [6, 6.07) is 0. The summed E-state index contributed by atoms with van der Waals surface area (Å²) in [5.41, 5.74) is 1.08. The van der Waals surface area contributed by atoms with E-state index >= 15 is 0 Å². The number of aromatic amines is 1. The zero-order valence-corrected chi connectivity index (χ0v) is 13.6. The van der Waals surface area contributed by atoms with Gasteiger partial charge >= 0.3 is 0 Å². The number of nitrogens with zero attached hydrogens (tertiary/aromatic N) is 6. The van der Waals surface area contributed by atoms with Gasteiger partial charge < -0.3 is 9.26 Å². The fraction of sp³-hybridized carbons (Fsp3) is 0.600. The molecule has 24 heavy (non-hydrogen) atoms.